The van der Waals surface area contributed by atoms with Crippen LogP contribution in [0.4, 0.5) is 0 Å². The molecule has 1 saturated carbocycles. The van der Waals surface area contributed by atoms with Gasteiger partial charge < -0.3 is 5.73 Å². The highest BCUT2D eigenvalue weighted by Gasteiger charge is 2.31. The number of benzene rings is 1. The molecule has 1 aromatic rings. The van der Waals surface area contributed by atoms with Crippen molar-refractivity contribution >= 4 is 9.84 Å². The van der Waals surface area contributed by atoms with Crippen molar-refractivity contribution in [3.8, 4) is 0 Å². The van der Waals surface area contributed by atoms with Gasteiger partial charge >= 0.3 is 0 Å². The number of hydrogen-bond acceptors (Lipinski definition) is 3. The molecule has 0 unspecified atom stereocenters. The molecule has 2 rings (SSSR count). The highest BCUT2D eigenvalue weighted by molar-refractivity contribution is 7.89. The van der Waals surface area contributed by atoms with Crippen LogP contribution in [0.5, 0.6) is 0 Å². The number of rotatable bonds is 3. The standard InChI is InChI=1S/C13H19NO2S/c1-17(15,16)10-11-5-4-6-12(9-11)13(14)7-2-3-8-13/h4-6,9H,2-3,7-8,10,14H2,1H3. The quantitative estimate of drug-likeness (QED) is 0.895. The van der Waals surface area contributed by atoms with Crippen LogP contribution < -0.4 is 5.73 Å². The summed E-state index contributed by atoms with van der Waals surface area (Å²) >= 11 is 0. The van der Waals surface area contributed by atoms with Crippen LogP contribution in [0.3, 0.4) is 0 Å². The second-order valence-corrected chi connectivity index (χ2v) is 7.27. The first-order valence-corrected chi connectivity index (χ1v) is 8.01. The van der Waals surface area contributed by atoms with Gasteiger partial charge in [0.1, 0.15) is 0 Å². The minimum atomic E-state index is -2.98. The Bertz CT molecular complexity index is 502. The summed E-state index contributed by atoms with van der Waals surface area (Å²) in [6.45, 7) is 0. The molecule has 1 fully saturated rings. The van der Waals surface area contributed by atoms with E-state index in [1.165, 1.54) is 6.26 Å². The van der Waals surface area contributed by atoms with Gasteiger partial charge in [0.25, 0.3) is 0 Å². The maximum atomic E-state index is 11.3. The highest BCUT2D eigenvalue weighted by Crippen LogP contribution is 2.36. The molecule has 0 radical (unpaired) electrons. The van der Waals surface area contributed by atoms with E-state index in [2.05, 4.69) is 0 Å². The molecule has 2 N–H and O–H groups in total. The third-order valence-corrected chi connectivity index (χ3v) is 4.28. The number of nitrogens with two attached hydrogens (primary N) is 1. The normalized spacial score (nSPS) is 19.4. The Labute approximate surface area is 103 Å². The Balaban J connectivity index is 2.28. The minimum Gasteiger partial charge on any atom is -0.321 e. The maximum Gasteiger partial charge on any atom is 0.151 e. The lowest BCUT2D eigenvalue weighted by atomic mass is 9.88. The van der Waals surface area contributed by atoms with Gasteiger partial charge in [-0.05, 0) is 24.0 Å². The molecule has 0 aromatic heterocycles. The first kappa shape index (κ1) is 12.6. The predicted octanol–water partition coefficient (Wildman–Crippen LogP) is 1.96. The van der Waals surface area contributed by atoms with Gasteiger partial charge in [-0.15, -0.1) is 0 Å². The average Bonchev–Trinajstić information content (AvgIpc) is 2.64. The summed E-state index contributed by atoms with van der Waals surface area (Å²) in [5, 5.41) is 0. The SMILES string of the molecule is CS(=O)(=O)Cc1cccc(C2(N)CCCC2)c1. The van der Waals surface area contributed by atoms with Crippen LogP contribution in [-0.2, 0) is 21.1 Å². The van der Waals surface area contributed by atoms with Gasteiger partial charge in [0, 0.05) is 11.8 Å². The molecule has 0 aliphatic heterocycles. The molecular weight excluding hydrogens is 234 g/mol. The summed E-state index contributed by atoms with van der Waals surface area (Å²) in [5.74, 6) is 0.0942. The molecule has 1 aliphatic carbocycles. The lowest BCUT2D eigenvalue weighted by molar-refractivity contribution is 0.461. The summed E-state index contributed by atoms with van der Waals surface area (Å²) in [5.41, 5.74) is 8.04. The van der Waals surface area contributed by atoms with Gasteiger partial charge in [-0.2, -0.15) is 0 Å². The van der Waals surface area contributed by atoms with Crippen molar-refractivity contribution < 1.29 is 8.42 Å². The van der Waals surface area contributed by atoms with E-state index in [-0.39, 0.29) is 11.3 Å². The second-order valence-electron chi connectivity index (χ2n) is 5.13. The van der Waals surface area contributed by atoms with E-state index in [4.69, 9.17) is 5.73 Å². The molecular formula is C13H19NO2S. The molecule has 17 heavy (non-hydrogen) atoms. The Kier molecular flexibility index (Phi) is 3.27. The monoisotopic (exact) mass is 253 g/mol. The minimum absolute atomic E-state index is 0.0942. The van der Waals surface area contributed by atoms with Crippen molar-refractivity contribution in [2.45, 2.75) is 37.0 Å². The second kappa shape index (κ2) is 4.42. The van der Waals surface area contributed by atoms with Crippen LogP contribution >= 0.6 is 0 Å². The molecule has 1 aliphatic rings. The maximum absolute atomic E-state index is 11.3. The first-order valence-electron chi connectivity index (χ1n) is 5.95. The lowest BCUT2D eigenvalue weighted by Crippen LogP contribution is -2.33. The van der Waals surface area contributed by atoms with Gasteiger partial charge in [-0.25, -0.2) is 8.42 Å². The zero-order chi connectivity index (χ0) is 12.5. The summed E-state index contributed by atoms with van der Waals surface area (Å²) < 4.78 is 22.6. The van der Waals surface area contributed by atoms with Crippen LogP contribution in [0.1, 0.15) is 36.8 Å². The average molecular weight is 253 g/mol. The van der Waals surface area contributed by atoms with Crippen LogP contribution in [0.2, 0.25) is 0 Å². The van der Waals surface area contributed by atoms with E-state index in [1.54, 1.807) is 0 Å². The molecule has 0 bridgehead atoms. The molecule has 0 heterocycles. The summed E-state index contributed by atoms with van der Waals surface area (Å²) in [7, 11) is -2.98. The molecule has 0 spiro atoms. The number of sulfone groups is 1. The van der Waals surface area contributed by atoms with E-state index >= 15 is 0 Å². The fraction of sp³-hybridized carbons (Fsp3) is 0.538. The smallest absolute Gasteiger partial charge is 0.151 e. The highest BCUT2D eigenvalue weighted by atomic mass is 32.2. The Hall–Kier alpha value is -0.870. The third-order valence-electron chi connectivity index (χ3n) is 3.43. The summed E-state index contributed by atoms with van der Waals surface area (Å²) in [6.07, 6.45) is 5.57. The van der Waals surface area contributed by atoms with Crippen LogP contribution in [0, 0.1) is 0 Å². The molecule has 0 amide bonds. The zero-order valence-electron chi connectivity index (χ0n) is 10.1. The van der Waals surface area contributed by atoms with Gasteiger partial charge in [-0.3, -0.25) is 0 Å². The fourth-order valence-corrected chi connectivity index (χ4v) is 3.35. The molecule has 94 valence electrons. The zero-order valence-corrected chi connectivity index (χ0v) is 11.0. The Morgan fingerprint density at radius 3 is 2.53 bits per heavy atom. The molecule has 0 atom stereocenters. The van der Waals surface area contributed by atoms with Gasteiger partial charge in [0.2, 0.25) is 0 Å². The van der Waals surface area contributed by atoms with Crippen molar-refractivity contribution in [1.82, 2.24) is 0 Å². The fourth-order valence-electron chi connectivity index (χ4n) is 2.57. The first-order chi connectivity index (χ1) is 7.89. The van der Waals surface area contributed by atoms with E-state index in [9.17, 15) is 8.42 Å². The van der Waals surface area contributed by atoms with Crippen LogP contribution in [-0.4, -0.2) is 14.7 Å². The van der Waals surface area contributed by atoms with E-state index in [1.807, 2.05) is 24.3 Å². The molecule has 3 nitrogen and oxygen atoms in total. The molecule has 0 saturated heterocycles. The van der Waals surface area contributed by atoms with Crippen molar-refractivity contribution in [3.63, 3.8) is 0 Å². The Morgan fingerprint density at radius 2 is 1.94 bits per heavy atom. The van der Waals surface area contributed by atoms with Gasteiger partial charge in [0.05, 0.1) is 5.75 Å². The summed E-state index contributed by atoms with van der Waals surface area (Å²) in [6, 6.07) is 7.72. The molecule has 4 heteroatoms. The Morgan fingerprint density at radius 1 is 1.29 bits per heavy atom. The third kappa shape index (κ3) is 3.07. The van der Waals surface area contributed by atoms with Crippen molar-refractivity contribution in [2.75, 3.05) is 6.26 Å². The van der Waals surface area contributed by atoms with Crippen molar-refractivity contribution in [3.05, 3.63) is 35.4 Å². The largest absolute Gasteiger partial charge is 0.321 e. The molecule has 1 aromatic carbocycles. The van der Waals surface area contributed by atoms with E-state index in [0.717, 1.165) is 36.8 Å². The van der Waals surface area contributed by atoms with Crippen molar-refractivity contribution in [2.24, 2.45) is 5.73 Å². The van der Waals surface area contributed by atoms with Crippen molar-refractivity contribution in [1.29, 1.82) is 0 Å². The van der Waals surface area contributed by atoms with E-state index in [0.29, 0.717) is 0 Å². The number of hydrogen-bond donors (Lipinski definition) is 1. The van der Waals surface area contributed by atoms with Gasteiger partial charge in [0.15, 0.2) is 9.84 Å². The van der Waals surface area contributed by atoms with Crippen LogP contribution in [0.25, 0.3) is 0 Å². The lowest BCUT2D eigenvalue weighted by Gasteiger charge is -2.24. The topological polar surface area (TPSA) is 60.2 Å². The van der Waals surface area contributed by atoms with E-state index < -0.39 is 9.84 Å². The van der Waals surface area contributed by atoms with Crippen LogP contribution in [0.15, 0.2) is 24.3 Å². The van der Waals surface area contributed by atoms with Gasteiger partial charge in [-0.1, -0.05) is 37.1 Å². The summed E-state index contributed by atoms with van der Waals surface area (Å²) in [4.78, 5) is 0. The predicted molar refractivity (Wildman–Crippen MR) is 69.3 cm³/mol.